The molecule has 6 heteroatoms. The number of rotatable bonds is 3. The Hall–Kier alpha value is -2.34. The molecule has 3 heterocycles. The van der Waals surface area contributed by atoms with Crippen molar-refractivity contribution in [3.8, 4) is 0 Å². The predicted octanol–water partition coefficient (Wildman–Crippen LogP) is 2.31. The van der Waals surface area contributed by atoms with Crippen LogP contribution >= 0.6 is 0 Å². The first-order valence-corrected chi connectivity index (χ1v) is 8.60. The summed E-state index contributed by atoms with van der Waals surface area (Å²) in [6, 6.07) is 7.97. The number of aromatic nitrogens is 2. The van der Waals surface area contributed by atoms with Crippen molar-refractivity contribution in [1.82, 2.24) is 9.55 Å². The molecule has 1 aromatic carbocycles. The van der Waals surface area contributed by atoms with E-state index in [1.54, 1.807) is 0 Å². The summed E-state index contributed by atoms with van der Waals surface area (Å²) in [5, 5.41) is 2.94. The molecule has 24 heavy (non-hydrogen) atoms. The van der Waals surface area contributed by atoms with E-state index < -0.39 is 0 Å². The minimum atomic E-state index is -0.143. The van der Waals surface area contributed by atoms with Crippen LogP contribution in [-0.4, -0.2) is 41.8 Å². The van der Waals surface area contributed by atoms with Crippen molar-refractivity contribution < 1.29 is 9.53 Å². The van der Waals surface area contributed by atoms with Gasteiger partial charge in [-0.2, -0.15) is 0 Å². The molecule has 2 aliphatic heterocycles. The van der Waals surface area contributed by atoms with Crippen molar-refractivity contribution in [2.75, 3.05) is 36.5 Å². The van der Waals surface area contributed by atoms with Crippen LogP contribution in [0.2, 0.25) is 0 Å². The number of morpholine rings is 1. The van der Waals surface area contributed by atoms with Crippen molar-refractivity contribution in [2.24, 2.45) is 0 Å². The van der Waals surface area contributed by atoms with E-state index in [0.29, 0.717) is 5.69 Å². The molecule has 0 bridgehead atoms. The highest BCUT2D eigenvalue weighted by atomic mass is 16.5. The highest BCUT2D eigenvalue weighted by Gasteiger charge is 2.17. The minimum Gasteiger partial charge on any atom is -0.378 e. The second-order valence-corrected chi connectivity index (χ2v) is 6.29. The van der Waals surface area contributed by atoms with Crippen LogP contribution in [0.1, 0.15) is 29.2 Å². The molecule has 1 fully saturated rings. The lowest BCUT2D eigenvalue weighted by molar-refractivity contribution is 0.102. The van der Waals surface area contributed by atoms with Crippen LogP contribution in [0.3, 0.4) is 0 Å². The van der Waals surface area contributed by atoms with Gasteiger partial charge < -0.3 is 19.5 Å². The maximum absolute atomic E-state index is 12.4. The van der Waals surface area contributed by atoms with Gasteiger partial charge in [0.05, 0.1) is 13.2 Å². The SMILES string of the molecule is O=C(Nc1ccc(N2CCOCC2)cc1)c1cn2c(n1)CCCC2. The Morgan fingerprint density at radius 2 is 1.88 bits per heavy atom. The average molecular weight is 326 g/mol. The number of aryl methyl sites for hydroxylation is 2. The third kappa shape index (κ3) is 3.14. The lowest BCUT2D eigenvalue weighted by Gasteiger charge is -2.28. The summed E-state index contributed by atoms with van der Waals surface area (Å²) in [7, 11) is 0. The number of carbonyl (C=O) groups is 1. The van der Waals surface area contributed by atoms with Crippen LogP contribution in [0, 0.1) is 0 Å². The van der Waals surface area contributed by atoms with Gasteiger partial charge in [0, 0.05) is 43.6 Å². The van der Waals surface area contributed by atoms with Crippen LogP contribution in [0.4, 0.5) is 11.4 Å². The standard InChI is InChI=1S/C18H22N4O2/c23-18(16-13-22-8-2-1-3-17(22)20-16)19-14-4-6-15(7-5-14)21-9-11-24-12-10-21/h4-7,13H,1-3,8-12H2,(H,19,23). The van der Waals surface area contributed by atoms with Crippen LogP contribution < -0.4 is 10.2 Å². The molecule has 2 aliphatic rings. The van der Waals surface area contributed by atoms with Gasteiger partial charge in [-0.15, -0.1) is 0 Å². The second-order valence-electron chi connectivity index (χ2n) is 6.29. The fraction of sp³-hybridized carbons (Fsp3) is 0.444. The third-order valence-electron chi connectivity index (χ3n) is 4.64. The molecule has 6 nitrogen and oxygen atoms in total. The van der Waals surface area contributed by atoms with E-state index in [9.17, 15) is 4.79 Å². The molecule has 0 spiro atoms. The van der Waals surface area contributed by atoms with E-state index in [-0.39, 0.29) is 5.91 Å². The van der Waals surface area contributed by atoms with Crippen LogP contribution in [0.5, 0.6) is 0 Å². The van der Waals surface area contributed by atoms with Crippen molar-refractivity contribution in [2.45, 2.75) is 25.8 Å². The molecule has 4 rings (SSSR count). The van der Waals surface area contributed by atoms with Crippen molar-refractivity contribution in [1.29, 1.82) is 0 Å². The Morgan fingerprint density at radius 1 is 1.08 bits per heavy atom. The summed E-state index contributed by atoms with van der Waals surface area (Å²) in [5.74, 6) is 0.880. The van der Waals surface area contributed by atoms with Gasteiger partial charge in [-0.25, -0.2) is 4.98 Å². The number of ether oxygens (including phenoxy) is 1. The van der Waals surface area contributed by atoms with Crippen LogP contribution in [-0.2, 0) is 17.7 Å². The Balaban J connectivity index is 1.42. The molecule has 0 atom stereocenters. The molecule has 126 valence electrons. The van der Waals surface area contributed by atoms with Gasteiger partial charge in [0.25, 0.3) is 5.91 Å². The molecule has 0 unspecified atom stereocenters. The minimum absolute atomic E-state index is 0.143. The van der Waals surface area contributed by atoms with E-state index >= 15 is 0 Å². The summed E-state index contributed by atoms with van der Waals surface area (Å²) in [5.41, 5.74) is 2.46. The molecular weight excluding hydrogens is 304 g/mol. The molecule has 0 radical (unpaired) electrons. The normalized spacial score (nSPS) is 17.4. The number of nitrogens with zero attached hydrogens (tertiary/aromatic N) is 3. The largest absolute Gasteiger partial charge is 0.378 e. The molecule has 0 saturated carbocycles. The van der Waals surface area contributed by atoms with Gasteiger partial charge in [0.1, 0.15) is 11.5 Å². The number of anilines is 2. The van der Waals surface area contributed by atoms with Crippen molar-refractivity contribution >= 4 is 17.3 Å². The van der Waals surface area contributed by atoms with E-state index in [1.807, 2.05) is 30.5 Å². The van der Waals surface area contributed by atoms with Crippen molar-refractivity contribution in [3.63, 3.8) is 0 Å². The van der Waals surface area contributed by atoms with Gasteiger partial charge in [0.2, 0.25) is 0 Å². The van der Waals surface area contributed by atoms with Gasteiger partial charge in [0.15, 0.2) is 0 Å². The van der Waals surface area contributed by atoms with Gasteiger partial charge in [-0.1, -0.05) is 0 Å². The molecule has 1 aromatic heterocycles. The quantitative estimate of drug-likeness (QED) is 0.940. The molecule has 2 aromatic rings. The molecule has 1 amide bonds. The zero-order chi connectivity index (χ0) is 16.4. The molecule has 1 saturated heterocycles. The topological polar surface area (TPSA) is 59.4 Å². The first-order chi connectivity index (χ1) is 11.8. The lowest BCUT2D eigenvalue weighted by Crippen LogP contribution is -2.36. The molecule has 1 N–H and O–H groups in total. The summed E-state index contributed by atoms with van der Waals surface area (Å²) < 4.78 is 7.47. The van der Waals surface area contributed by atoms with Crippen LogP contribution in [0.25, 0.3) is 0 Å². The van der Waals surface area contributed by atoms with E-state index in [1.165, 1.54) is 0 Å². The first kappa shape index (κ1) is 15.2. The number of carbonyl (C=O) groups excluding carboxylic acids is 1. The van der Waals surface area contributed by atoms with Gasteiger partial charge in [-0.3, -0.25) is 4.79 Å². The number of benzene rings is 1. The summed E-state index contributed by atoms with van der Waals surface area (Å²) in [6.45, 7) is 4.31. The Morgan fingerprint density at radius 3 is 2.62 bits per heavy atom. The maximum Gasteiger partial charge on any atom is 0.275 e. The van der Waals surface area contributed by atoms with Crippen LogP contribution in [0.15, 0.2) is 30.5 Å². The number of imidazole rings is 1. The number of nitrogens with one attached hydrogen (secondary N) is 1. The number of hydrogen-bond acceptors (Lipinski definition) is 4. The Kier molecular flexibility index (Phi) is 4.21. The maximum atomic E-state index is 12.4. The zero-order valence-corrected chi connectivity index (χ0v) is 13.7. The predicted molar refractivity (Wildman–Crippen MR) is 92.6 cm³/mol. The smallest absolute Gasteiger partial charge is 0.275 e. The summed E-state index contributed by atoms with van der Waals surface area (Å²) >= 11 is 0. The summed E-state index contributed by atoms with van der Waals surface area (Å²) in [6.07, 6.45) is 5.14. The number of fused-ring (bicyclic) bond motifs is 1. The highest BCUT2D eigenvalue weighted by molar-refractivity contribution is 6.02. The monoisotopic (exact) mass is 326 g/mol. The molecular formula is C18H22N4O2. The lowest BCUT2D eigenvalue weighted by atomic mass is 10.2. The molecule has 0 aliphatic carbocycles. The Labute approximate surface area is 141 Å². The summed E-state index contributed by atoms with van der Waals surface area (Å²) in [4.78, 5) is 19.2. The van der Waals surface area contributed by atoms with Gasteiger partial charge >= 0.3 is 0 Å². The fourth-order valence-corrected chi connectivity index (χ4v) is 3.29. The average Bonchev–Trinajstić information content (AvgIpc) is 3.07. The highest BCUT2D eigenvalue weighted by Crippen LogP contribution is 2.20. The first-order valence-electron chi connectivity index (χ1n) is 8.60. The number of hydrogen-bond donors (Lipinski definition) is 1. The third-order valence-corrected chi connectivity index (χ3v) is 4.64. The fourth-order valence-electron chi connectivity index (χ4n) is 3.29. The van der Waals surface area contributed by atoms with E-state index in [2.05, 4.69) is 19.8 Å². The van der Waals surface area contributed by atoms with E-state index in [0.717, 1.165) is 69.3 Å². The second kappa shape index (κ2) is 6.65. The van der Waals surface area contributed by atoms with Gasteiger partial charge in [-0.05, 0) is 37.1 Å². The Bertz CT molecular complexity index is 694. The number of amides is 1. The zero-order valence-electron chi connectivity index (χ0n) is 13.7. The van der Waals surface area contributed by atoms with E-state index in [4.69, 9.17) is 4.74 Å². The van der Waals surface area contributed by atoms with Crippen molar-refractivity contribution in [3.05, 3.63) is 42.0 Å².